The van der Waals surface area contributed by atoms with Crippen molar-refractivity contribution in [1.29, 1.82) is 0 Å². The molecule has 2 nitrogen and oxygen atoms in total. The van der Waals surface area contributed by atoms with Gasteiger partial charge in [-0.25, -0.2) is 0 Å². The van der Waals surface area contributed by atoms with Gasteiger partial charge in [0.15, 0.2) is 0 Å². The third-order valence-electron chi connectivity index (χ3n) is 2.17. The fourth-order valence-corrected chi connectivity index (χ4v) is 1.27. The van der Waals surface area contributed by atoms with E-state index in [2.05, 4.69) is 18.8 Å². The van der Waals surface area contributed by atoms with E-state index in [0.717, 1.165) is 17.9 Å². The number of hydrogen-bond acceptors (Lipinski definition) is 2. The van der Waals surface area contributed by atoms with E-state index in [4.69, 9.17) is 5.73 Å². The van der Waals surface area contributed by atoms with Crippen LogP contribution in [0.5, 0.6) is 0 Å². The maximum atomic E-state index is 6.00. The fraction of sp³-hybridized carbons (Fsp3) is 0.545. The van der Waals surface area contributed by atoms with Crippen LogP contribution < -0.4 is 5.73 Å². The number of nitrogens with two attached hydrogens (primary N) is 1. The first-order valence-corrected chi connectivity index (χ1v) is 4.85. The average molecular weight is 178 g/mol. The van der Waals surface area contributed by atoms with E-state index in [1.807, 2.05) is 18.3 Å². The van der Waals surface area contributed by atoms with E-state index in [0.29, 0.717) is 0 Å². The second-order valence-electron chi connectivity index (χ2n) is 3.86. The lowest BCUT2D eigenvalue weighted by atomic mass is 10.00. The molecule has 72 valence electrons. The van der Waals surface area contributed by atoms with E-state index >= 15 is 0 Å². The predicted octanol–water partition coefficient (Wildman–Crippen LogP) is 2.52. The van der Waals surface area contributed by atoms with Gasteiger partial charge in [0.2, 0.25) is 0 Å². The topological polar surface area (TPSA) is 38.9 Å². The molecule has 0 radical (unpaired) electrons. The first-order chi connectivity index (χ1) is 6.20. The SMILES string of the molecule is CC(C)CC[C@@H](N)c1cccnc1. The monoisotopic (exact) mass is 178 g/mol. The van der Waals surface area contributed by atoms with E-state index < -0.39 is 0 Å². The summed E-state index contributed by atoms with van der Waals surface area (Å²) < 4.78 is 0. The number of rotatable bonds is 4. The third kappa shape index (κ3) is 3.55. The highest BCUT2D eigenvalue weighted by molar-refractivity contribution is 5.12. The van der Waals surface area contributed by atoms with Crippen molar-refractivity contribution in [2.24, 2.45) is 11.7 Å². The summed E-state index contributed by atoms with van der Waals surface area (Å²) in [5.74, 6) is 0.725. The Balaban J connectivity index is 2.44. The van der Waals surface area contributed by atoms with Gasteiger partial charge in [-0.1, -0.05) is 19.9 Å². The highest BCUT2D eigenvalue weighted by Crippen LogP contribution is 2.17. The summed E-state index contributed by atoms with van der Waals surface area (Å²) in [5.41, 5.74) is 7.15. The lowest BCUT2D eigenvalue weighted by Gasteiger charge is -2.12. The van der Waals surface area contributed by atoms with Gasteiger partial charge >= 0.3 is 0 Å². The van der Waals surface area contributed by atoms with E-state index in [9.17, 15) is 0 Å². The summed E-state index contributed by atoms with van der Waals surface area (Å²) >= 11 is 0. The summed E-state index contributed by atoms with van der Waals surface area (Å²) in [4.78, 5) is 4.05. The molecule has 0 aliphatic rings. The van der Waals surface area contributed by atoms with Crippen LogP contribution in [-0.2, 0) is 0 Å². The molecular weight excluding hydrogens is 160 g/mol. The molecule has 13 heavy (non-hydrogen) atoms. The van der Waals surface area contributed by atoms with Gasteiger partial charge in [0.05, 0.1) is 0 Å². The quantitative estimate of drug-likeness (QED) is 0.769. The van der Waals surface area contributed by atoms with Crippen LogP contribution in [0.3, 0.4) is 0 Å². The van der Waals surface area contributed by atoms with Crippen LogP contribution >= 0.6 is 0 Å². The van der Waals surface area contributed by atoms with Gasteiger partial charge in [-0.2, -0.15) is 0 Å². The average Bonchev–Trinajstić information content (AvgIpc) is 2.15. The Morgan fingerprint density at radius 2 is 2.15 bits per heavy atom. The van der Waals surface area contributed by atoms with Crippen molar-refractivity contribution < 1.29 is 0 Å². The number of pyridine rings is 1. The molecular formula is C11H18N2. The van der Waals surface area contributed by atoms with Crippen molar-refractivity contribution in [3.63, 3.8) is 0 Å². The van der Waals surface area contributed by atoms with Crippen LogP contribution in [-0.4, -0.2) is 4.98 Å². The highest BCUT2D eigenvalue weighted by Gasteiger charge is 2.06. The minimum Gasteiger partial charge on any atom is -0.324 e. The summed E-state index contributed by atoms with van der Waals surface area (Å²) in [5, 5.41) is 0. The number of hydrogen-bond donors (Lipinski definition) is 1. The molecule has 0 amide bonds. The van der Waals surface area contributed by atoms with Gasteiger partial charge in [-0.3, -0.25) is 4.98 Å². The van der Waals surface area contributed by atoms with Gasteiger partial charge in [-0.15, -0.1) is 0 Å². The van der Waals surface area contributed by atoms with Gasteiger partial charge in [0, 0.05) is 18.4 Å². The molecule has 1 aromatic heterocycles. The minimum atomic E-state index is 0.149. The Morgan fingerprint density at radius 3 is 2.69 bits per heavy atom. The molecule has 0 bridgehead atoms. The largest absolute Gasteiger partial charge is 0.324 e. The highest BCUT2D eigenvalue weighted by atomic mass is 14.7. The zero-order chi connectivity index (χ0) is 9.68. The van der Waals surface area contributed by atoms with Crippen molar-refractivity contribution in [3.05, 3.63) is 30.1 Å². The van der Waals surface area contributed by atoms with Crippen LogP contribution in [0.15, 0.2) is 24.5 Å². The molecule has 0 aliphatic heterocycles. The summed E-state index contributed by atoms with van der Waals surface area (Å²) in [7, 11) is 0. The van der Waals surface area contributed by atoms with Gasteiger partial charge in [0.1, 0.15) is 0 Å². The maximum Gasteiger partial charge on any atom is 0.0315 e. The normalized spacial score (nSPS) is 13.2. The Labute approximate surface area is 80.2 Å². The summed E-state index contributed by atoms with van der Waals surface area (Å²) in [6.45, 7) is 4.44. The molecule has 0 unspecified atom stereocenters. The molecule has 0 aliphatic carbocycles. The third-order valence-corrected chi connectivity index (χ3v) is 2.17. The first-order valence-electron chi connectivity index (χ1n) is 4.85. The van der Waals surface area contributed by atoms with Crippen molar-refractivity contribution in [2.45, 2.75) is 32.7 Å². The molecule has 0 aromatic carbocycles. The predicted molar refractivity (Wildman–Crippen MR) is 55.2 cm³/mol. The summed E-state index contributed by atoms with van der Waals surface area (Å²) in [6.07, 6.45) is 5.85. The molecule has 1 heterocycles. The second kappa shape index (κ2) is 4.97. The number of nitrogens with zero attached hydrogens (tertiary/aromatic N) is 1. The second-order valence-corrected chi connectivity index (χ2v) is 3.86. The van der Waals surface area contributed by atoms with Crippen molar-refractivity contribution in [3.8, 4) is 0 Å². The molecule has 1 atom stereocenters. The minimum absolute atomic E-state index is 0.149. The molecule has 1 rings (SSSR count). The zero-order valence-corrected chi connectivity index (χ0v) is 8.40. The molecule has 0 spiro atoms. The fourth-order valence-electron chi connectivity index (χ4n) is 1.27. The van der Waals surface area contributed by atoms with Crippen LogP contribution in [0.25, 0.3) is 0 Å². The van der Waals surface area contributed by atoms with E-state index in [1.165, 1.54) is 6.42 Å². The molecule has 2 heteroatoms. The van der Waals surface area contributed by atoms with Crippen LogP contribution in [0.1, 0.15) is 38.3 Å². The van der Waals surface area contributed by atoms with Gasteiger partial charge in [0.25, 0.3) is 0 Å². The zero-order valence-electron chi connectivity index (χ0n) is 8.40. The number of aromatic nitrogens is 1. The van der Waals surface area contributed by atoms with Crippen molar-refractivity contribution in [1.82, 2.24) is 4.98 Å². The Bertz CT molecular complexity index is 231. The van der Waals surface area contributed by atoms with Gasteiger partial charge < -0.3 is 5.73 Å². The van der Waals surface area contributed by atoms with Crippen LogP contribution in [0.2, 0.25) is 0 Å². The lowest BCUT2D eigenvalue weighted by molar-refractivity contribution is 0.506. The van der Waals surface area contributed by atoms with Crippen LogP contribution in [0.4, 0.5) is 0 Å². The van der Waals surface area contributed by atoms with Crippen LogP contribution in [0, 0.1) is 5.92 Å². The van der Waals surface area contributed by atoms with Gasteiger partial charge in [-0.05, 0) is 30.4 Å². The molecule has 2 N–H and O–H groups in total. The summed E-state index contributed by atoms with van der Waals surface area (Å²) in [6, 6.07) is 4.12. The Kier molecular flexibility index (Phi) is 3.90. The van der Waals surface area contributed by atoms with Crippen molar-refractivity contribution in [2.75, 3.05) is 0 Å². The van der Waals surface area contributed by atoms with E-state index in [-0.39, 0.29) is 6.04 Å². The molecule has 0 saturated carbocycles. The Hall–Kier alpha value is -0.890. The van der Waals surface area contributed by atoms with Crippen molar-refractivity contribution >= 4 is 0 Å². The van der Waals surface area contributed by atoms with E-state index in [1.54, 1.807) is 6.20 Å². The Morgan fingerprint density at radius 1 is 1.38 bits per heavy atom. The standard InChI is InChI=1S/C11H18N2/c1-9(2)5-6-11(12)10-4-3-7-13-8-10/h3-4,7-9,11H,5-6,12H2,1-2H3/t11-/m1/s1. The molecule has 1 aromatic rings. The molecule has 0 saturated heterocycles. The lowest BCUT2D eigenvalue weighted by Crippen LogP contribution is -2.11. The molecule has 0 fully saturated rings. The maximum absolute atomic E-state index is 6.00. The smallest absolute Gasteiger partial charge is 0.0315 e. The first kappa shape index (κ1) is 10.2.